The Hall–Kier alpha value is -0.0800. The predicted octanol–water partition coefficient (Wildman–Crippen LogP) is 3.24. The van der Waals surface area contributed by atoms with Crippen LogP contribution in [0.5, 0.6) is 0 Å². The van der Waals surface area contributed by atoms with Crippen LogP contribution in [0, 0.1) is 0 Å². The average Bonchev–Trinajstić information content (AvgIpc) is 2.21. The van der Waals surface area contributed by atoms with Gasteiger partial charge in [0.15, 0.2) is 0 Å². The minimum atomic E-state index is 1.12. The molecule has 0 aliphatic carbocycles. The van der Waals surface area contributed by atoms with E-state index in [2.05, 4.69) is 24.7 Å². The molecule has 0 spiro atoms. The number of hydrazine groups is 1. The first kappa shape index (κ1) is 13.9. The molecule has 0 aromatic carbocycles. The van der Waals surface area contributed by atoms with E-state index in [9.17, 15) is 0 Å². The Balaban J connectivity index is 2.78. The lowest BCUT2D eigenvalue weighted by molar-refractivity contribution is 0.488. The Bertz CT molecular complexity index is 82.3. The fourth-order valence-electron chi connectivity index (χ4n) is 1.46. The first-order chi connectivity index (χ1) is 6.91. The molecule has 2 heteroatoms. The van der Waals surface area contributed by atoms with Crippen LogP contribution in [0.25, 0.3) is 0 Å². The molecule has 0 atom stereocenters. The third kappa shape index (κ3) is 11.9. The monoisotopic (exact) mass is 200 g/mol. The van der Waals surface area contributed by atoms with Crippen LogP contribution in [0.2, 0.25) is 0 Å². The third-order valence-electron chi connectivity index (χ3n) is 2.44. The molecule has 0 aliphatic rings. The SMILES string of the molecule is CCCCCCNNCCCCCC. The quantitative estimate of drug-likeness (QED) is 0.395. The normalized spacial score (nSPS) is 10.7. The van der Waals surface area contributed by atoms with Gasteiger partial charge >= 0.3 is 0 Å². The molecule has 0 rings (SSSR count). The van der Waals surface area contributed by atoms with Crippen LogP contribution in [-0.4, -0.2) is 13.1 Å². The van der Waals surface area contributed by atoms with Crippen LogP contribution in [0.3, 0.4) is 0 Å². The Morgan fingerprint density at radius 2 is 1.00 bits per heavy atom. The molecule has 0 saturated carbocycles. The van der Waals surface area contributed by atoms with Crippen LogP contribution in [0.15, 0.2) is 0 Å². The van der Waals surface area contributed by atoms with Gasteiger partial charge in [-0.1, -0.05) is 52.4 Å². The summed E-state index contributed by atoms with van der Waals surface area (Å²) in [4.78, 5) is 0. The molecule has 0 unspecified atom stereocenters. The highest BCUT2D eigenvalue weighted by Crippen LogP contribution is 1.97. The second-order valence-corrected chi connectivity index (χ2v) is 3.97. The van der Waals surface area contributed by atoms with Crippen molar-refractivity contribution in [3.8, 4) is 0 Å². The van der Waals surface area contributed by atoms with E-state index in [0.29, 0.717) is 0 Å². The lowest BCUT2D eigenvalue weighted by Crippen LogP contribution is -2.33. The van der Waals surface area contributed by atoms with Crippen LogP contribution in [0.1, 0.15) is 65.2 Å². The van der Waals surface area contributed by atoms with E-state index in [1.165, 1.54) is 51.4 Å². The Labute approximate surface area is 89.8 Å². The van der Waals surface area contributed by atoms with Gasteiger partial charge in [0.1, 0.15) is 0 Å². The standard InChI is InChI=1S/C12H28N2/c1-3-5-7-9-11-13-14-12-10-8-6-4-2/h13-14H,3-12H2,1-2H3. The smallest absolute Gasteiger partial charge is 0.00997 e. The van der Waals surface area contributed by atoms with E-state index in [1.807, 2.05) is 0 Å². The van der Waals surface area contributed by atoms with Crippen molar-refractivity contribution in [3.63, 3.8) is 0 Å². The summed E-state index contributed by atoms with van der Waals surface area (Å²) in [5.74, 6) is 0. The predicted molar refractivity (Wildman–Crippen MR) is 64.3 cm³/mol. The van der Waals surface area contributed by atoms with Crippen LogP contribution >= 0.6 is 0 Å². The Morgan fingerprint density at radius 1 is 0.571 bits per heavy atom. The van der Waals surface area contributed by atoms with Crippen LogP contribution < -0.4 is 10.9 Å². The van der Waals surface area contributed by atoms with E-state index in [-0.39, 0.29) is 0 Å². The van der Waals surface area contributed by atoms with Gasteiger partial charge in [-0.15, -0.1) is 0 Å². The fourth-order valence-corrected chi connectivity index (χ4v) is 1.46. The fraction of sp³-hybridized carbons (Fsp3) is 1.00. The molecule has 0 aliphatic heterocycles. The molecule has 0 aromatic heterocycles. The van der Waals surface area contributed by atoms with Crippen molar-refractivity contribution in [3.05, 3.63) is 0 Å². The summed E-state index contributed by atoms with van der Waals surface area (Å²) in [7, 11) is 0. The highest BCUT2D eigenvalue weighted by atomic mass is 15.3. The van der Waals surface area contributed by atoms with Gasteiger partial charge in [0.25, 0.3) is 0 Å². The van der Waals surface area contributed by atoms with Gasteiger partial charge in [-0.05, 0) is 12.8 Å². The van der Waals surface area contributed by atoms with Crippen molar-refractivity contribution < 1.29 is 0 Å². The van der Waals surface area contributed by atoms with Crippen molar-refractivity contribution in [2.75, 3.05) is 13.1 Å². The number of hydrogen-bond donors (Lipinski definition) is 2. The van der Waals surface area contributed by atoms with Crippen LogP contribution in [0.4, 0.5) is 0 Å². The second-order valence-electron chi connectivity index (χ2n) is 3.97. The molecule has 86 valence electrons. The van der Waals surface area contributed by atoms with E-state index in [1.54, 1.807) is 0 Å². The van der Waals surface area contributed by atoms with E-state index < -0.39 is 0 Å². The molecule has 14 heavy (non-hydrogen) atoms. The maximum absolute atomic E-state index is 3.27. The molecule has 0 amide bonds. The number of unbranched alkanes of at least 4 members (excludes halogenated alkanes) is 6. The summed E-state index contributed by atoms with van der Waals surface area (Å²) in [5.41, 5.74) is 6.54. The Morgan fingerprint density at radius 3 is 1.36 bits per heavy atom. The summed E-state index contributed by atoms with van der Waals surface area (Å²) in [6.07, 6.45) is 10.7. The number of rotatable bonds is 11. The summed E-state index contributed by atoms with van der Waals surface area (Å²) < 4.78 is 0. The molecule has 2 nitrogen and oxygen atoms in total. The van der Waals surface area contributed by atoms with E-state index >= 15 is 0 Å². The summed E-state index contributed by atoms with van der Waals surface area (Å²) >= 11 is 0. The molecular weight excluding hydrogens is 172 g/mol. The minimum absolute atomic E-state index is 1.12. The highest BCUT2D eigenvalue weighted by Gasteiger charge is 1.89. The largest absolute Gasteiger partial charge is 0.258 e. The Kier molecular flexibility index (Phi) is 12.8. The first-order valence-electron chi connectivity index (χ1n) is 6.37. The minimum Gasteiger partial charge on any atom is -0.258 e. The summed E-state index contributed by atoms with van der Waals surface area (Å²) in [5, 5.41) is 0. The van der Waals surface area contributed by atoms with Crippen LogP contribution in [-0.2, 0) is 0 Å². The molecule has 0 saturated heterocycles. The second kappa shape index (κ2) is 12.9. The summed E-state index contributed by atoms with van der Waals surface area (Å²) in [6.45, 7) is 6.74. The van der Waals surface area contributed by atoms with Crippen molar-refractivity contribution in [1.82, 2.24) is 10.9 Å². The molecule has 0 aromatic rings. The van der Waals surface area contributed by atoms with Gasteiger partial charge in [-0.3, -0.25) is 10.9 Å². The lowest BCUT2D eigenvalue weighted by atomic mass is 10.2. The van der Waals surface area contributed by atoms with E-state index in [4.69, 9.17) is 0 Å². The van der Waals surface area contributed by atoms with Crippen molar-refractivity contribution in [1.29, 1.82) is 0 Å². The molecule has 0 heterocycles. The number of hydrogen-bond acceptors (Lipinski definition) is 2. The average molecular weight is 200 g/mol. The van der Waals surface area contributed by atoms with Gasteiger partial charge in [0.2, 0.25) is 0 Å². The highest BCUT2D eigenvalue weighted by molar-refractivity contribution is 4.46. The zero-order valence-corrected chi connectivity index (χ0v) is 10.1. The molecule has 0 bridgehead atoms. The van der Waals surface area contributed by atoms with Gasteiger partial charge < -0.3 is 0 Å². The zero-order chi connectivity index (χ0) is 10.5. The molecule has 0 radical (unpaired) electrons. The van der Waals surface area contributed by atoms with Crippen molar-refractivity contribution in [2.45, 2.75) is 65.2 Å². The number of nitrogens with one attached hydrogen (secondary N) is 2. The zero-order valence-electron chi connectivity index (χ0n) is 10.1. The topological polar surface area (TPSA) is 24.1 Å². The molecular formula is C12H28N2. The first-order valence-corrected chi connectivity index (χ1v) is 6.37. The van der Waals surface area contributed by atoms with E-state index in [0.717, 1.165) is 13.1 Å². The van der Waals surface area contributed by atoms with Gasteiger partial charge in [0.05, 0.1) is 0 Å². The lowest BCUT2D eigenvalue weighted by Gasteiger charge is -2.06. The maximum Gasteiger partial charge on any atom is 0.00997 e. The maximum atomic E-state index is 3.27. The van der Waals surface area contributed by atoms with Gasteiger partial charge in [-0.2, -0.15) is 0 Å². The van der Waals surface area contributed by atoms with Crippen molar-refractivity contribution in [2.24, 2.45) is 0 Å². The van der Waals surface area contributed by atoms with Gasteiger partial charge in [-0.25, -0.2) is 0 Å². The summed E-state index contributed by atoms with van der Waals surface area (Å²) in [6, 6.07) is 0. The third-order valence-corrected chi connectivity index (χ3v) is 2.44. The van der Waals surface area contributed by atoms with Gasteiger partial charge in [0, 0.05) is 13.1 Å². The molecule has 2 N–H and O–H groups in total. The molecule has 0 fully saturated rings. The van der Waals surface area contributed by atoms with Crippen molar-refractivity contribution >= 4 is 0 Å².